The number of halogens is 1. The number of anilines is 1. The van der Waals surface area contributed by atoms with Gasteiger partial charge in [0.2, 0.25) is 0 Å². The molecule has 4 rings (SSSR count). The normalized spacial score (nSPS) is 16.4. The van der Waals surface area contributed by atoms with Crippen molar-refractivity contribution in [2.75, 3.05) is 38.2 Å². The number of carbonyl (C=O) groups is 1. The second-order valence-electron chi connectivity index (χ2n) is 7.92. The van der Waals surface area contributed by atoms with Crippen LogP contribution in [0.5, 0.6) is 5.75 Å². The van der Waals surface area contributed by atoms with Gasteiger partial charge in [-0.05, 0) is 54.8 Å². The summed E-state index contributed by atoms with van der Waals surface area (Å²) in [7, 11) is 1.67. The Morgan fingerprint density at radius 1 is 1.03 bits per heavy atom. The van der Waals surface area contributed by atoms with E-state index in [1.807, 2.05) is 25.1 Å². The number of hydrogen-bond donors (Lipinski definition) is 1. The third-order valence-corrected chi connectivity index (χ3v) is 6.87. The van der Waals surface area contributed by atoms with Crippen molar-refractivity contribution in [3.8, 4) is 5.75 Å². The van der Waals surface area contributed by atoms with Gasteiger partial charge in [-0.3, -0.25) is 9.69 Å². The van der Waals surface area contributed by atoms with E-state index < -0.39 is 5.82 Å². The Bertz CT molecular complexity index is 1020. The summed E-state index contributed by atoms with van der Waals surface area (Å²) in [6.07, 6.45) is 0. The number of hydrogen-bond acceptors (Lipinski definition) is 5. The lowest BCUT2D eigenvalue weighted by atomic mass is 10.0. The molecule has 1 saturated heterocycles. The van der Waals surface area contributed by atoms with Gasteiger partial charge in [0, 0.05) is 42.8 Å². The number of benzene rings is 2. The lowest BCUT2D eigenvalue weighted by molar-refractivity contribution is 0.0886. The zero-order chi connectivity index (χ0) is 22.5. The number of nitrogens with zero attached hydrogens (tertiary/aromatic N) is 2. The van der Waals surface area contributed by atoms with E-state index in [-0.39, 0.29) is 23.6 Å². The third-order valence-electron chi connectivity index (χ3n) is 5.93. The Hall–Kier alpha value is -2.90. The Morgan fingerprint density at radius 3 is 2.38 bits per heavy atom. The standard InChI is InChI=1S/C25H28FN3O2S/c1-18(27-25(30)21-6-3-4-7-22(21)26)24(23-8-5-17-32-23)29-15-13-28(14-16-29)19-9-11-20(31-2)12-10-19/h3-12,17-18,24H,13-16H2,1-2H3,(H,27,30)/t18-,24+/m1/s1. The average molecular weight is 454 g/mol. The fourth-order valence-corrected chi connectivity index (χ4v) is 5.23. The van der Waals surface area contributed by atoms with Crippen molar-refractivity contribution in [2.24, 2.45) is 0 Å². The molecule has 2 aromatic carbocycles. The van der Waals surface area contributed by atoms with Crippen molar-refractivity contribution in [1.29, 1.82) is 0 Å². The van der Waals surface area contributed by atoms with E-state index in [1.54, 1.807) is 30.6 Å². The maximum atomic E-state index is 14.1. The molecule has 0 unspecified atom stereocenters. The molecule has 0 spiro atoms. The quantitative estimate of drug-likeness (QED) is 0.569. The first-order valence-electron chi connectivity index (χ1n) is 10.8. The molecule has 1 aliphatic heterocycles. The molecular formula is C25H28FN3O2S. The van der Waals surface area contributed by atoms with Crippen LogP contribution < -0.4 is 15.0 Å². The lowest BCUT2D eigenvalue weighted by Crippen LogP contribution is -2.52. The van der Waals surface area contributed by atoms with Gasteiger partial charge in [-0.15, -0.1) is 11.3 Å². The van der Waals surface area contributed by atoms with Gasteiger partial charge in [-0.25, -0.2) is 4.39 Å². The fraction of sp³-hybridized carbons (Fsp3) is 0.320. The maximum Gasteiger partial charge on any atom is 0.254 e. The molecular weight excluding hydrogens is 425 g/mol. The summed E-state index contributed by atoms with van der Waals surface area (Å²) in [4.78, 5) is 18.7. The summed E-state index contributed by atoms with van der Waals surface area (Å²) in [5.74, 6) is -0.0310. The van der Waals surface area contributed by atoms with Crippen LogP contribution in [-0.4, -0.2) is 50.1 Å². The van der Waals surface area contributed by atoms with Crippen molar-refractivity contribution < 1.29 is 13.9 Å². The van der Waals surface area contributed by atoms with Crippen LogP contribution in [0.15, 0.2) is 66.0 Å². The van der Waals surface area contributed by atoms with E-state index in [0.29, 0.717) is 0 Å². The van der Waals surface area contributed by atoms with E-state index in [2.05, 4.69) is 38.7 Å². The third kappa shape index (κ3) is 4.95. The molecule has 1 aliphatic rings. The molecule has 0 radical (unpaired) electrons. The number of thiophene rings is 1. The van der Waals surface area contributed by atoms with Crippen LogP contribution >= 0.6 is 11.3 Å². The largest absolute Gasteiger partial charge is 0.497 e. The maximum absolute atomic E-state index is 14.1. The number of piperazine rings is 1. The van der Waals surface area contributed by atoms with Gasteiger partial charge in [0.15, 0.2) is 0 Å². The van der Waals surface area contributed by atoms with Gasteiger partial charge in [-0.2, -0.15) is 0 Å². The van der Waals surface area contributed by atoms with Crippen LogP contribution in [0.25, 0.3) is 0 Å². The number of methoxy groups -OCH3 is 1. The number of rotatable bonds is 7. The van der Waals surface area contributed by atoms with Crippen molar-refractivity contribution in [3.63, 3.8) is 0 Å². The van der Waals surface area contributed by atoms with Crippen LogP contribution in [0.1, 0.15) is 28.2 Å². The fourth-order valence-electron chi connectivity index (χ4n) is 4.26. The molecule has 0 aliphatic carbocycles. The molecule has 2 atom stereocenters. The van der Waals surface area contributed by atoms with Gasteiger partial charge in [-0.1, -0.05) is 18.2 Å². The Morgan fingerprint density at radius 2 is 1.75 bits per heavy atom. The van der Waals surface area contributed by atoms with E-state index in [1.165, 1.54) is 22.7 Å². The number of amides is 1. The highest BCUT2D eigenvalue weighted by Gasteiger charge is 2.31. The topological polar surface area (TPSA) is 44.8 Å². The highest BCUT2D eigenvalue weighted by Crippen LogP contribution is 2.30. The van der Waals surface area contributed by atoms with Crippen LogP contribution in [0.4, 0.5) is 10.1 Å². The molecule has 1 aromatic heterocycles. The molecule has 0 bridgehead atoms. The molecule has 2 heterocycles. The van der Waals surface area contributed by atoms with E-state index >= 15 is 0 Å². The zero-order valence-electron chi connectivity index (χ0n) is 18.3. The predicted octanol–water partition coefficient (Wildman–Crippen LogP) is 4.58. The summed E-state index contributed by atoms with van der Waals surface area (Å²) >= 11 is 1.69. The Balaban J connectivity index is 1.45. The van der Waals surface area contributed by atoms with Gasteiger partial charge < -0.3 is 15.0 Å². The van der Waals surface area contributed by atoms with Crippen molar-refractivity contribution in [3.05, 3.63) is 82.3 Å². The first kappa shape index (κ1) is 22.3. The minimum Gasteiger partial charge on any atom is -0.497 e. The highest BCUT2D eigenvalue weighted by atomic mass is 32.1. The monoisotopic (exact) mass is 453 g/mol. The van der Waals surface area contributed by atoms with E-state index in [4.69, 9.17) is 4.74 Å². The van der Waals surface area contributed by atoms with Crippen molar-refractivity contribution >= 4 is 22.9 Å². The van der Waals surface area contributed by atoms with Crippen LogP contribution in [0, 0.1) is 5.82 Å². The first-order valence-corrected chi connectivity index (χ1v) is 11.7. The van der Waals surface area contributed by atoms with Crippen molar-refractivity contribution in [2.45, 2.75) is 19.0 Å². The Kier molecular flexibility index (Phi) is 7.07. The van der Waals surface area contributed by atoms with Crippen LogP contribution in [0.2, 0.25) is 0 Å². The highest BCUT2D eigenvalue weighted by molar-refractivity contribution is 7.10. The molecule has 1 amide bonds. The molecule has 5 nitrogen and oxygen atoms in total. The van der Waals surface area contributed by atoms with Gasteiger partial charge in [0.05, 0.1) is 18.7 Å². The SMILES string of the molecule is COc1ccc(N2CCN([C@H](c3cccs3)[C@@H](C)NC(=O)c3ccccc3F)CC2)cc1. The summed E-state index contributed by atoms with van der Waals surface area (Å²) < 4.78 is 19.3. The number of nitrogens with one attached hydrogen (secondary N) is 1. The molecule has 0 saturated carbocycles. The number of ether oxygens (including phenoxy) is 1. The second-order valence-corrected chi connectivity index (χ2v) is 8.90. The first-order chi connectivity index (χ1) is 15.6. The molecule has 32 heavy (non-hydrogen) atoms. The molecule has 3 aromatic rings. The zero-order valence-corrected chi connectivity index (χ0v) is 19.1. The van der Waals surface area contributed by atoms with E-state index in [9.17, 15) is 9.18 Å². The molecule has 1 fully saturated rings. The van der Waals surface area contributed by atoms with Crippen LogP contribution in [0.3, 0.4) is 0 Å². The lowest BCUT2D eigenvalue weighted by Gasteiger charge is -2.42. The average Bonchev–Trinajstić information content (AvgIpc) is 3.34. The Labute approximate surface area is 192 Å². The molecule has 168 valence electrons. The predicted molar refractivity (Wildman–Crippen MR) is 127 cm³/mol. The summed E-state index contributed by atoms with van der Waals surface area (Å²) in [6.45, 7) is 5.52. The minimum absolute atomic E-state index is 0.0312. The van der Waals surface area contributed by atoms with E-state index in [0.717, 1.165) is 31.9 Å². The summed E-state index contributed by atoms with van der Waals surface area (Å²) in [5.41, 5.74) is 1.26. The molecule has 1 N–H and O–H groups in total. The molecule has 7 heteroatoms. The number of carbonyl (C=O) groups excluding carboxylic acids is 1. The van der Waals surface area contributed by atoms with Gasteiger partial charge >= 0.3 is 0 Å². The summed E-state index contributed by atoms with van der Waals surface area (Å²) in [6, 6.07) is 18.2. The second kappa shape index (κ2) is 10.1. The summed E-state index contributed by atoms with van der Waals surface area (Å²) in [5, 5.41) is 5.09. The minimum atomic E-state index is -0.502. The van der Waals surface area contributed by atoms with Crippen LogP contribution in [-0.2, 0) is 0 Å². The van der Waals surface area contributed by atoms with Gasteiger partial charge in [0.1, 0.15) is 11.6 Å². The smallest absolute Gasteiger partial charge is 0.254 e. The van der Waals surface area contributed by atoms with Gasteiger partial charge in [0.25, 0.3) is 5.91 Å². The van der Waals surface area contributed by atoms with Crippen molar-refractivity contribution in [1.82, 2.24) is 10.2 Å².